The zero-order valence-electron chi connectivity index (χ0n) is 14.5. The molecule has 3 nitrogen and oxygen atoms in total. The fraction of sp³-hybridized carbons (Fsp3) is 0.350. The van der Waals surface area contributed by atoms with Crippen LogP contribution < -0.4 is 10.6 Å². The maximum Gasteiger partial charge on any atom is 0.323 e. The minimum absolute atomic E-state index is 0.210. The lowest BCUT2D eigenvalue weighted by molar-refractivity contribution is 0.262. The number of carbonyl (C=O) groups is 1. The van der Waals surface area contributed by atoms with E-state index < -0.39 is 0 Å². The Morgan fingerprint density at radius 3 is 2.22 bits per heavy atom. The number of benzene rings is 2. The van der Waals surface area contributed by atoms with Crippen molar-refractivity contribution in [1.82, 2.24) is 0 Å². The van der Waals surface area contributed by atoms with Crippen molar-refractivity contribution in [2.75, 3.05) is 10.6 Å². The zero-order chi connectivity index (χ0) is 16.8. The SMILES string of the molecule is CCCCc1ccc(NC(=O)Nc2cc(C)c(C)cc2C)cc1. The monoisotopic (exact) mass is 310 g/mol. The predicted octanol–water partition coefficient (Wildman–Crippen LogP) is 5.60. The standard InChI is InChI=1S/C20H26N2O/c1-5-6-7-17-8-10-18(11-9-17)21-20(23)22-19-13-15(3)14(2)12-16(19)4/h8-13H,5-7H2,1-4H3,(H2,21,22,23). The fourth-order valence-corrected chi connectivity index (χ4v) is 2.52. The summed E-state index contributed by atoms with van der Waals surface area (Å²) < 4.78 is 0. The van der Waals surface area contributed by atoms with E-state index in [9.17, 15) is 4.79 Å². The van der Waals surface area contributed by atoms with Crippen LogP contribution in [-0.2, 0) is 6.42 Å². The van der Waals surface area contributed by atoms with Gasteiger partial charge in [-0.25, -0.2) is 4.79 Å². The fourth-order valence-electron chi connectivity index (χ4n) is 2.52. The number of hydrogen-bond acceptors (Lipinski definition) is 1. The van der Waals surface area contributed by atoms with Crippen molar-refractivity contribution < 1.29 is 4.79 Å². The third-order valence-electron chi connectivity index (χ3n) is 4.12. The molecule has 2 aromatic carbocycles. The van der Waals surface area contributed by atoms with Gasteiger partial charge in [0, 0.05) is 11.4 Å². The first kappa shape index (κ1) is 17.1. The van der Waals surface area contributed by atoms with Crippen molar-refractivity contribution in [3.63, 3.8) is 0 Å². The first-order chi connectivity index (χ1) is 11.0. The molecule has 122 valence electrons. The number of anilines is 2. The summed E-state index contributed by atoms with van der Waals surface area (Å²) in [7, 11) is 0. The van der Waals surface area contributed by atoms with E-state index in [1.807, 2.05) is 32.0 Å². The van der Waals surface area contributed by atoms with E-state index >= 15 is 0 Å². The Bertz CT molecular complexity index is 675. The van der Waals surface area contributed by atoms with Crippen LogP contribution in [0.1, 0.15) is 42.0 Å². The Morgan fingerprint density at radius 2 is 1.57 bits per heavy atom. The number of rotatable bonds is 5. The highest BCUT2D eigenvalue weighted by Crippen LogP contribution is 2.20. The van der Waals surface area contributed by atoms with Gasteiger partial charge >= 0.3 is 6.03 Å². The van der Waals surface area contributed by atoms with Gasteiger partial charge in [0.25, 0.3) is 0 Å². The average Bonchev–Trinajstić information content (AvgIpc) is 2.52. The van der Waals surface area contributed by atoms with Crippen LogP contribution in [-0.4, -0.2) is 6.03 Å². The maximum atomic E-state index is 12.2. The second-order valence-corrected chi connectivity index (χ2v) is 6.13. The predicted molar refractivity (Wildman–Crippen MR) is 98.3 cm³/mol. The first-order valence-corrected chi connectivity index (χ1v) is 8.24. The van der Waals surface area contributed by atoms with Crippen LogP contribution in [0, 0.1) is 20.8 Å². The minimum atomic E-state index is -0.210. The summed E-state index contributed by atoms with van der Waals surface area (Å²) in [6.45, 7) is 8.32. The zero-order valence-corrected chi connectivity index (χ0v) is 14.5. The molecule has 0 unspecified atom stereocenters. The molecule has 2 N–H and O–H groups in total. The second-order valence-electron chi connectivity index (χ2n) is 6.13. The molecule has 0 heterocycles. The molecule has 0 radical (unpaired) electrons. The van der Waals surface area contributed by atoms with Crippen molar-refractivity contribution in [1.29, 1.82) is 0 Å². The number of amides is 2. The molecule has 2 amide bonds. The van der Waals surface area contributed by atoms with Gasteiger partial charge in [0.05, 0.1) is 0 Å². The van der Waals surface area contributed by atoms with Gasteiger partial charge in [0.1, 0.15) is 0 Å². The van der Waals surface area contributed by atoms with Crippen molar-refractivity contribution in [2.45, 2.75) is 47.0 Å². The number of nitrogens with one attached hydrogen (secondary N) is 2. The first-order valence-electron chi connectivity index (χ1n) is 8.24. The normalized spacial score (nSPS) is 10.4. The van der Waals surface area contributed by atoms with Crippen molar-refractivity contribution in [3.8, 4) is 0 Å². The summed E-state index contributed by atoms with van der Waals surface area (Å²) in [5.74, 6) is 0. The molecule has 0 aliphatic rings. The van der Waals surface area contributed by atoms with Crippen LogP contribution >= 0.6 is 0 Å². The molecule has 23 heavy (non-hydrogen) atoms. The van der Waals surface area contributed by atoms with Gasteiger partial charge in [-0.1, -0.05) is 31.5 Å². The quantitative estimate of drug-likeness (QED) is 0.741. The molecule has 0 atom stereocenters. The van der Waals surface area contributed by atoms with E-state index in [-0.39, 0.29) is 6.03 Å². The Balaban J connectivity index is 1.98. The van der Waals surface area contributed by atoms with Gasteiger partial charge in [-0.15, -0.1) is 0 Å². The molecule has 2 rings (SSSR count). The van der Waals surface area contributed by atoms with Crippen LogP contribution in [0.15, 0.2) is 36.4 Å². The van der Waals surface area contributed by atoms with Gasteiger partial charge in [-0.3, -0.25) is 0 Å². The molecule has 0 spiro atoms. The summed E-state index contributed by atoms with van der Waals surface area (Å²) in [6, 6.07) is 12.0. The Morgan fingerprint density at radius 1 is 0.913 bits per heavy atom. The molecule has 0 aliphatic heterocycles. The van der Waals surface area contributed by atoms with Crippen LogP contribution in [0.25, 0.3) is 0 Å². The average molecular weight is 310 g/mol. The Labute approximate surface area is 139 Å². The summed E-state index contributed by atoms with van der Waals surface area (Å²) in [6.07, 6.45) is 3.47. The van der Waals surface area contributed by atoms with Gasteiger partial charge in [-0.2, -0.15) is 0 Å². The summed E-state index contributed by atoms with van der Waals surface area (Å²) in [4.78, 5) is 12.2. The highest BCUT2D eigenvalue weighted by atomic mass is 16.2. The largest absolute Gasteiger partial charge is 0.323 e. The molecule has 2 aromatic rings. The Kier molecular flexibility index (Phi) is 5.80. The summed E-state index contributed by atoms with van der Waals surface area (Å²) in [5, 5.41) is 5.81. The van der Waals surface area contributed by atoms with E-state index in [1.165, 1.54) is 29.5 Å². The maximum absolute atomic E-state index is 12.2. The lowest BCUT2D eigenvalue weighted by Crippen LogP contribution is -2.20. The molecule has 3 heteroatoms. The van der Waals surface area contributed by atoms with E-state index in [0.717, 1.165) is 23.4 Å². The molecular weight excluding hydrogens is 284 g/mol. The highest BCUT2D eigenvalue weighted by molar-refractivity contribution is 6.00. The summed E-state index contributed by atoms with van der Waals surface area (Å²) in [5.41, 5.74) is 6.44. The smallest absolute Gasteiger partial charge is 0.308 e. The van der Waals surface area contributed by atoms with E-state index in [0.29, 0.717) is 0 Å². The van der Waals surface area contributed by atoms with Gasteiger partial charge < -0.3 is 10.6 Å². The topological polar surface area (TPSA) is 41.1 Å². The van der Waals surface area contributed by atoms with Crippen LogP contribution in [0.3, 0.4) is 0 Å². The number of urea groups is 1. The third-order valence-corrected chi connectivity index (χ3v) is 4.12. The van der Waals surface area contributed by atoms with Crippen LogP contribution in [0.4, 0.5) is 16.2 Å². The van der Waals surface area contributed by atoms with Crippen molar-refractivity contribution in [3.05, 3.63) is 58.7 Å². The molecule has 0 saturated carbocycles. The number of unbranched alkanes of at least 4 members (excludes halogenated alkanes) is 1. The van der Waals surface area contributed by atoms with Crippen molar-refractivity contribution in [2.24, 2.45) is 0 Å². The number of aryl methyl sites for hydroxylation is 4. The minimum Gasteiger partial charge on any atom is -0.308 e. The van der Waals surface area contributed by atoms with Crippen LogP contribution in [0.5, 0.6) is 0 Å². The number of carbonyl (C=O) groups excluding carboxylic acids is 1. The van der Waals surface area contributed by atoms with Gasteiger partial charge in [0.2, 0.25) is 0 Å². The molecule has 0 fully saturated rings. The number of hydrogen-bond donors (Lipinski definition) is 2. The Hall–Kier alpha value is -2.29. The van der Waals surface area contributed by atoms with E-state index in [1.54, 1.807) is 0 Å². The van der Waals surface area contributed by atoms with E-state index in [2.05, 4.69) is 42.7 Å². The molecule has 0 bridgehead atoms. The van der Waals surface area contributed by atoms with Gasteiger partial charge in [-0.05, 0) is 74.1 Å². The molecular formula is C20H26N2O. The van der Waals surface area contributed by atoms with Crippen molar-refractivity contribution >= 4 is 17.4 Å². The van der Waals surface area contributed by atoms with Gasteiger partial charge in [0.15, 0.2) is 0 Å². The van der Waals surface area contributed by atoms with E-state index in [4.69, 9.17) is 0 Å². The lowest BCUT2D eigenvalue weighted by Gasteiger charge is -2.12. The molecule has 0 aliphatic carbocycles. The molecule has 0 aromatic heterocycles. The highest BCUT2D eigenvalue weighted by Gasteiger charge is 2.07. The second kappa shape index (κ2) is 7.82. The summed E-state index contributed by atoms with van der Waals surface area (Å²) >= 11 is 0. The third kappa shape index (κ3) is 4.85. The molecule has 0 saturated heterocycles. The van der Waals surface area contributed by atoms with Crippen LogP contribution in [0.2, 0.25) is 0 Å². The lowest BCUT2D eigenvalue weighted by atomic mass is 10.1.